The van der Waals surface area contributed by atoms with Crippen molar-refractivity contribution in [3.63, 3.8) is 0 Å². The second-order valence-corrected chi connectivity index (χ2v) is 2.44. The molecule has 2 amide bonds. The summed E-state index contributed by atoms with van der Waals surface area (Å²) in [6, 6.07) is 6.96. The maximum Gasteiger partial charge on any atom is 0.286 e. The van der Waals surface area contributed by atoms with Gasteiger partial charge in [0.25, 0.3) is 5.91 Å². The number of carbonyl (C=O) groups excluding carboxylic acids is 2. The smallest absolute Gasteiger partial charge is 0.277 e. The predicted molar refractivity (Wildman–Crippen MR) is 43.5 cm³/mol. The molecule has 0 saturated heterocycles. The first kappa shape index (κ1) is 7.75. The number of fused-ring (bicyclic) bond motifs is 1. The highest BCUT2D eigenvalue weighted by Gasteiger charge is 2.33. The Morgan fingerprint density at radius 1 is 1.38 bits per heavy atom. The molecule has 2 rings (SSSR count). The van der Waals surface area contributed by atoms with E-state index in [2.05, 4.69) is 4.94 Å². The number of nitrogens with one attached hydrogen (secondary N) is 1. The summed E-state index contributed by atoms with van der Waals surface area (Å²) in [7, 11) is 0. The van der Waals surface area contributed by atoms with E-state index in [1.54, 1.807) is 24.3 Å². The first-order chi connectivity index (χ1) is 6.34. The van der Waals surface area contributed by atoms with Crippen LogP contribution in [-0.2, 0) is 9.73 Å². The summed E-state index contributed by atoms with van der Waals surface area (Å²) < 4.78 is 0. The molecular weight excluding hydrogens is 172 g/mol. The average molecular weight is 178 g/mol. The van der Waals surface area contributed by atoms with Gasteiger partial charge in [0, 0.05) is 0 Å². The second-order valence-electron chi connectivity index (χ2n) is 2.44. The minimum atomic E-state index is -0.259. The van der Waals surface area contributed by atoms with Crippen molar-refractivity contribution in [2.24, 2.45) is 0 Å². The third-order valence-corrected chi connectivity index (χ3v) is 1.73. The van der Waals surface area contributed by atoms with E-state index in [-0.39, 0.29) is 5.91 Å². The molecule has 5 nitrogen and oxygen atoms in total. The van der Waals surface area contributed by atoms with Crippen LogP contribution in [0.4, 0.5) is 5.69 Å². The Bertz CT molecular complexity index is 364. The fourth-order valence-corrected chi connectivity index (χ4v) is 1.16. The van der Waals surface area contributed by atoms with E-state index < -0.39 is 0 Å². The Kier molecular flexibility index (Phi) is 1.71. The summed E-state index contributed by atoms with van der Waals surface area (Å²) in [6.45, 7) is 0. The van der Waals surface area contributed by atoms with Crippen molar-refractivity contribution in [3.05, 3.63) is 29.8 Å². The van der Waals surface area contributed by atoms with Crippen molar-refractivity contribution in [2.45, 2.75) is 0 Å². The lowest BCUT2D eigenvalue weighted by Gasteiger charge is -2.29. The normalized spacial score (nSPS) is 13.2. The van der Waals surface area contributed by atoms with Crippen LogP contribution in [0.25, 0.3) is 0 Å². The number of rotatable bonds is 3. The van der Waals surface area contributed by atoms with E-state index in [9.17, 15) is 9.59 Å². The molecule has 0 spiro atoms. The first-order valence-electron chi connectivity index (χ1n) is 3.64. The quantitative estimate of drug-likeness (QED) is 0.532. The molecule has 0 bridgehead atoms. The lowest BCUT2D eigenvalue weighted by molar-refractivity contribution is -0.121. The zero-order valence-corrected chi connectivity index (χ0v) is 6.56. The molecule has 0 aromatic heterocycles. The number of benzene rings is 1. The van der Waals surface area contributed by atoms with Crippen LogP contribution < -0.4 is 10.5 Å². The highest BCUT2D eigenvalue weighted by atomic mass is 16.8. The zero-order valence-electron chi connectivity index (χ0n) is 6.56. The molecule has 1 aliphatic heterocycles. The van der Waals surface area contributed by atoms with Gasteiger partial charge in [-0.15, -0.1) is 4.94 Å². The van der Waals surface area contributed by atoms with E-state index in [1.807, 2.05) is 5.48 Å². The van der Waals surface area contributed by atoms with Gasteiger partial charge in [0.05, 0.1) is 11.3 Å². The lowest BCUT2D eigenvalue weighted by atomic mass is 10.1. The fraction of sp³-hybridized carbons (Fsp3) is 0. The largest absolute Gasteiger partial charge is 0.286 e. The minimum Gasteiger partial charge on any atom is -0.277 e. The highest BCUT2D eigenvalue weighted by molar-refractivity contribution is 6.18. The topological polar surface area (TPSA) is 58.6 Å². The fourth-order valence-electron chi connectivity index (χ4n) is 1.16. The van der Waals surface area contributed by atoms with Crippen molar-refractivity contribution >= 4 is 18.0 Å². The second kappa shape index (κ2) is 2.87. The molecular formula is C8H6N2O3. The molecule has 0 radical (unpaired) electrons. The number of para-hydroxylation sites is 1. The van der Waals surface area contributed by atoms with Gasteiger partial charge in [0.1, 0.15) is 0 Å². The molecule has 1 heterocycles. The summed E-state index contributed by atoms with van der Waals surface area (Å²) in [5, 5.41) is 1.02. The molecule has 0 aliphatic carbocycles. The molecule has 0 atom stereocenters. The van der Waals surface area contributed by atoms with Crippen molar-refractivity contribution in [2.75, 3.05) is 5.06 Å². The molecule has 1 aromatic rings. The van der Waals surface area contributed by atoms with E-state index >= 15 is 0 Å². The molecule has 5 heteroatoms. The Morgan fingerprint density at radius 2 is 2.15 bits per heavy atom. The Balaban J connectivity index is 2.19. The maximum absolute atomic E-state index is 11.2. The minimum absolute atomic E-state index is 0.259. The van der Waals surface area contributed by atoms with Gasteiger partial charge in [-0.2, -0.15) is 5.06 Å². The molecule has 0 saturated carbocycles. The van der Waals surface area contributed by atoms with Gasteiger partial charge in [0.2, 0.25) is 6.41 Å². The Morgan fingerprint density at radius 3 is 2.92 bits per heavy atom. The molecule has 1 aliphatic rings. The van der Waals surface area contributed by atoms with Gasteiger partial charge in [-0.25, -0.2) is 5.48 Å². The first-order valence-corrected chi connectivity index (χ1v) is 3.64. The van der Waals surface area contributed by atoms with Crippen LogP contribution in [0.3, 0.4) is 0 Å². The number of hydroxylamine groups is 2. The molecule has 0 unspecified atom stereocenters. The average Bonchev–Trinajstić information content (AvgIpc) is 2.18. The highest BCUT2D eigenvalue weighted by Crippen LogP contribution is 2.31. The van der Waals surface area contributed by atoms with E-state index in [1.165, 1.54) is 0 Å². The summed E-state index contributed by atoms with van der Waals surface area (Å²) in [4.78, 5) is 25.7. The summed E-state index contributed by atoms with van der Waals surface area (Å²) in [5.41, 5.74) is 3.19. The van der Waals surface area contributed by atoms with Crippen LogP contribution in [-0.4, -0.2) is 12.3 Å². The molecule has 1 N–H and O–H groups in total. The van der Waals surface area contributed by atoms with Gasteiger partial charge in [-0.05, 0) is 12.1 Å². The van der Waals surface area contributed by atoms with Crippen LogP contribution in [0.1, 0.15) is 10.4 Å². The number of hydrogen-bond acceptors (Lipinski definition) is 3. The predicted octanol–water partition coefficient (Wildman–Crippen LogP) is 0.239. The number of anilines is 1. The molecule has 1 aromatic carbocycles. The third-order valence-electron chi connectivity index (χ3n) is 1.73. The van der Waals surface area contributed by atoms with Crippen molar-refractivity contribution in [1.82, 2.24) is 5.48 Å². The van der Waals surface area contributed by atoms with Crippen LogP contribution in [0.15, 0.2) is 24.3 Å². The number of amides is 2. The number of hydrogen-bond donors (Lipinski definition) is 1. The van der Waals surface area contributed by atoms with E-state index in [0.29, 0.717) is 17.7 Å². The van der Waals surface area contributed by atoms with Crippen molar-refractivity contribution < 1.29 is 14.5 Å². The maximum atomic E-state index is 11.2. The number of carbonyl (C=O) groups is 2. The van der Waals surface area contributed by atoms with Gasteiger partial charge in [-0.1, -0.05) is 12.1 Å². The van der Waals surface area contributed by atoms with E-state index in [4.69, 9.17) is 0 Å². The summed E-state index contributed by atoms with van der Waals surface area (Å²) in [5.74, 6) is -0.259. The number of nitrogens with zero attached hydrogens (tertiary/aromatic N) is 1. The molecule has 13 heavy (non-hydrogen) atoms. The molecule has 66 valence electrons. The standard InChI is InChI=1S/C8H6N2O3/c11-5-9-13-10-7-4-2-1-3-6(7)8(10)12/h1-5H,(H,9,11). The van der Waals surface area contributed by atoms with Crippen LogP contribution in [0.2, 0.25) is 0 Å². The SMILES string of the molecule is O=CNON1C(=O)c2ccccc21. The third kappa shape index (κ3) is 1.06. The monoisotopic (exact) mass is 178 g/mol. The van der Waals surface area contributed by atoms with Crippen LogP contribution in [0, 0.1) is 0 Å². The summed E-state index contributed by atoms with van der Waals surface area (Å²) in [6.07, 6.45) is 0.355. The summed E-state index contributed by atoms with van der Waals surface area (Å²) >= 11 is 0. The van der Waals surface area contributed by atoms with Crippen LogP contribution in [0.5, 0.6) is 0 Å². The van der Waals surface area contributed by atoms with Crippen LogP contribution >= 0.6 is 0 Å². The molecule has 0 fully saturated rings. The van der Waals surface area contributed by atoms with Gasteiger partial charge in [-0.3, -0.25) is 9.59 Å². The zero-order chi connectivity index (χ0) is 9.26. The Labute approximate surface area is 73.8 Å². The van der Waals surface area contributed by atoms with Crippen molar-refractivity contribution in [1.29, 1.82) is 0 Å². The van der Waals surface area contributed by atoms with Gasteiger partial charge in [0.15, 0.2) is 0 Å². The van der Waals surface area contributed by atoms with E-state index in [0.717, 1.165) is 5.06 Å². The van der Waals surface area contributed by atoms with Crippen molar-refractivity contribution in [3.8, 4) is 0 Å². The lowest BCUT2D eigenvalue weighted by Crippen LogP contribution is -2.44. The van der Waals surface area contributed by atoms with Gasteiger partial charge >= 0.3 is 0 Å². The Hall–Kier alpha value is -1.88. The van der Waals surface area contributed by atoms with Gasteiger partial charge < -0.3 is 0 Å².